The number of ketones is 1. The summed E-state index contributed by atoms with van der Waals surface area (Å²) in [5, 5.41) is 12.0. The maximum atomic E-state index is 13.8. The molecule has 0 spiro atoms. The minimum atomic E-state index is -1.05. The van der Waals surface area contributed by atoms with Crippen molar-refractivity contribution in [2.45, 2.75) is 32.4 Å². The van der Waals surface area contributed by atoms with Crippen LogP contribution < -0.4 is 28.6 Å². The lowest BCUT2D eigenvalue weighted by molar-refractivity contribution is -0.132. The number of nitrogens with zero attached hydrogens (tertiary/aromatic N) is 2. The Kier molecular flexibility index (Phi) is 7.35. The quantitative estimate of drug-likeness (QED) is 0.155. The van der Waals surface area contributed by atoms with Gasteiger partial charge in [-0.2, -0.15) is 0 Å². The summed E-state index contributed by atoms with van der Waals surface area (Å²) in [6, 6.07) is 13.0. The van der Waals surface area contributed by atoms with Gasteiger partial charge < -0.3 is 28.8 Å². The molecule has 3 heterocycles. The van der Waals surface area contributed by atoms with Crippen molar-refractivity contribution in [3.05, 3.63) is 70.8 Å². The Morgan fingerprint density at radius 3 is 2.47 bits per heavy atom. The van der Waals surface area contributed by atoms with Crippen LogP contribution >= 0.6 is 11.3 Å². The second kappa shape index (κ2) is 11.1. The number of Topliss-reactive ketones (excluding diaryl/α,β-unsaturated/α-hetero) is 1. The molecule has 2 aliphatic heterocycles. The van der Waals surface area contributed by atoms with Crippen molar-refractivity contribution >= 4 is 44.1 Å². The third-order valence-electron chi connectivity index (χ3n) is 7.48. The number of aliphatic hydroxyl groups is 1. The smallest absolute Gasteiger partial charge is 0.301 e. The summed E-state index contributed by atoms with van der Waals surface area (Å²) in [6.45, 7) is 4.36. The SMILES string of the molecule is CCOc1ccc2nc(N3C(=O)C(=O)/C(=C(/O)c4ccc5c(c4)C[C@@H](C)O5)[C@H]3c3cc(OC)c(OC)c(OC)c3)sc2c1. The number of benzene rings is 3. The molecule has 1 fully saturated rings. The van der Waals surface area contributed by atoms with Gasteiger partial charge >= 0.3 is 5.91 Å². The fourth-order valence-electron chi connectivity index (χ4n) is 5.58. The second-order valence-corrected chi connectivity index (χ2v) is 11.2. The van der Waals surface area contributed by atoms with Crippen molar-refractivity contribution in [2.24, 2.45) is 0 Å². The average molecular weight is 603 g/mol. The lowest BCUT2D eigenvalue weighted by atomic mass is 9.94. The summed E-state index contributed by atoms with van der Waals surface area (Å²) >= 11 is 1.25. The summed E-state index contributed by atoms with van der Waals surface area (Å²) < 4.78 is 28.9. The van der Waals surface area contributed by atoms with E-state index < -0.39 is 17.7 Å². The van der Waals surface area contributed by atoms with E-state index in [9.17, 15) is 14.7 Å². The molecule has 11 heteroatoms. The zero-order valence-corrected chi connectivity index (χ0v) is 25.1. The first-order chi connectivity index (χ1) is 20.8. The number of ether oxygens (including phenoxy) is 5. The van der Waals surface area contributed by atoms with Crippen LogP contribution in [0, 0.1) is 0 Å². The number of aromatic nitrogens is 1. The van der Waals surface area contributed by atoms with Gasteiger partial charge in [-0.1, -0.05) is 11.3 Å². The number of anilines is 1. The van der Waals surface area contributed by atoms with E-state index in [-0.39, 0.29) is 17.4 Å². The number of carbonyl (C=O) groups excluding carboxylic acids is 2. The molecule has 0 bridgehead atoms. The number of fused-ring (bicyclic) bond motifs is 2. The Hall–Kier alpha value is -4.77. The summed E-state index contributed by atoms with van der Waals surface area (Å²) in [7, 11) is 4.45. The molecule has 0 aliphatic carbocycles. The predicted molar refractivity (Wildman–Crippen MR) is 162 cm³/mol. The number of thiazole rings is 1. The molecule has 0 unspecified atom stereocenters. The van der Waals surface area contributed by atoms with Gasteiger partial charge in [-0.05, 0) is 73.5 Å². The van der Waals surface area contributed by atoms with Gasteiger partial charge in [-0.3, -0.25) is 14.5 Å². The zero-order chi connectivity index (χ0) is 30.4. The first-order valence-corrected chi connectivity index (χ1v) is 14.5. The Labute approximate surface area is 252 Å². The van der Waals surface area contributed by atoms with Gasteiger partial charge in [-0.25, -0.2) is 4.98 Å². The molecule has 1 saturated heterocycles. The molecule has 0 saturated carbocycles. The van der Waals surface area contributed by atoms with E-state index in [4.69, 9.17) is 28.7 Å². The molecular weight excluding hydrogens is 572 g/mol. The van der Waals surface area contributed by atoms with E-state index >= 15 is 0 Å². The second-order valence-electron chi connectivity index (χ2n) is 10.1. The van der Waals surface area contributed by atoms with Crippen LogP contribution in [0.4, 0.5) is 5.13 Å². The maximum Gasteiger partial charge on any atom is 0.301 e. The van der Waals surface area contributed by atoms with Crippen molar-refractivity contribution in [1.82, 2.24) is 4.98 Å². The van der Waals surface area contributed by atoms with Crippen LogP contribution in [-0.2, 0) is 16.0 Å². The van der Waals surface area contributed by atoms with E-state index in [0.29, 0.717) is 57.8 Å². The van der Waals surface area contributed by atoms with Gasteiger partial charge in [-0.15, -0.1) is 0 Å². The van der Waals surface area contributed by atoms with Crippen LogP contribution in [0.5, 0.6) is 28.7 Å². The van der Waals surface area contributed by atoms with Crippen molar-refractivity contribution in [1.29, 1.82) is 0 Å². The lowest BCUT2D eigenvalue weighted by Gasteiger charge is -2.24. The molecule has 1 amide bonds. The summed E-state index contributed by atoms with van der Waals surface area (Å²) in [5.74, 6) is 0.449. The summed E-state index contributed by atoms with van der Waals surface area (Å²) in [6.07, 6.45) is 0.663. The monoisotopic (exact) mass is 602 g/mol. The summed E-state index contributed by atoms with van der Waals surface area (Å²) in [5.41, 5.74) is 2.33. The van der Waals surface area contributed by atoms with E-state index in [1.807, 2.05) is 19.9 Å². The number of hydrogen-bond donors (Lipinski definition) is 1. The highest BCUT2D eigenvalue weighted by molar-refractivity contribution is 7.22. The normalized spacial score (nSPS) is 19.0. The molecular formula is C32H30N2O8S. The van der Waals surface area contributed by atoms with E-state index in [1.165, 1.54) is 37.6 Å². The lowest BCUT2D eigenvalue weighted by Crippen LogP contribution is -2.29. The number of methoxy groups -OCH3 is 3. The van der Waals surface area contributed by atoms with Crippen LogP contribution in [-0.4, -0.2) is 55.8 Å². The van der Waals surface area contributed by atoms with E-state index in [2.05, 4.69) is 0 Å². The molecule has 0 radical (unpaired) electrons. The average Bonchev–Trinajstić information content (AvgIpc) is 3.67. The number of aliphatic hydroxyl groups excluding tert-OH is 1. The largest absolute Gasteiger partial charge is 0.507 e. The van der Waals surface area contributed by atoms with Crippen LogP contribution in [0.3, 0.4) is 0 Å². The van der Waals surface area contributed by atoms with Gasteiger partial charge in [0, 0.05) is 12.0 Å². The fraction of sp³-hybridized carbons (Fsp3) is 0.281. The van der Waals surface area contributed by atoms with Gasteiger partial charge in [0.25, 0.3) is 5.78 Å². The number of amides is 1. The van der Waals surface area contributed by atoms with E-state index in [0.717, 1.165) is 16.0 Å². The van der Waals surface area contributed by atoms with Gasteiger partial charge in [0.1, 0.15) is 23.4 Å². The molecule has 1 aromatic heterocycles. The van der Waals surface area contributed by atoms with Crippen LogP contribution in [0.1, 0.15) is 36.6 Å². The van der Waals surface area contributed by atoms with Crippen molar-refractivity contribution < 1.29 is 38.4 Å². The first-order valence-electron chi connectivity index (χ1n) is 13.7. The van der Waals surface area contributed by atoms with Crippen LogP contribution in [0.2, 0.25) is 0 Å². The molecule has 222 valence electrons. The minimum Gasteiger partial charge on any atom is -0.507 e. The molecule has 2 atom stereocenters. The highest BCUT2D eigenvalue weighted by Gasteiger charge is 2.49. The summed E-state index contributed by atoms with van der Waals surface area (Å²) in [4.78, 5) is 33.6. The van der Waals surface area contributed by atoms with Crippen molar-refractivity contribution in [2.75, 3.05) is 32.8 Å². The first kappa shape index (κ1) is 28.4. The molecule has 2 aliphatic rings. The minimum absolute atomic E-state index is 0.000479. The Morgan fingerprint density at radius 1 is 1.05 bits per heavy atom. The molecule has 6 rings (SSSR count). The molecule has 10 nitrogen and oxygen atoms in total. The third-order valence-corrected chi connectivity index (χ3v) is 8.50. The molecule has 43 heavy (non-hydrogen) atoms. The standard InChI is InChI=1S/C32H30N2O8S/c1-6-41-20-8-9-21-25(15-20)43-32(33-21)34-27(19-13-23(38-3)30(40-5)24(14-19)39-4)26(29(36)31(34)37)28(35)17-7-10-22-18(12-17)11-16(2)42-22/h7-10,12-16,27,35H,6,11H2,1-5H3/b28-26+/t16-,27-/m1/s1. The van der Waals surface area contributed by atoms with Crippen LogP contribution in [0.25, 0.3) is 16.0 Å². The highest BCUT2D eigenvalue weighted by Crippen LogP contribution is 2.48. The molecule has 4 aromatic rings. The van der Waals surface area contributed by atoms with Crippen LogP contribution in [0.15, 0.2) is 54.1 Å². The fourth-order valence-corrected chi connectivity index (χ4v) is 6.60. The Morgan fingerprint density at radius 2 is 1.79 bits per heavy atom. The van der Waals surface area contributed by atoms with Gasteiger partial charge in [0.15, 0.2) is 16.6 Å². The van der Waals surface area contributed by atoms with Crippen molar-refractivity contribution in [3.8, 4) is 28.7 Å². The van der Waals surface area contributed by atoms with Crippen molar-refractivity contribution in [3.63, 3.8) is 0 Å². The Balaban J connectivity index is 1.56. The Bertz CT molecular complexity index is 1770. The topological polar surface area (TPSA) is 117 Å². The van der Waals surface area contributed by atoms with Gasteiger partial charge in [0.05, 0.1) is 49.8 Å². The third kappa shape index (κ3) is 4.79. The number of carbonyl (C=O) groups is 2. The zero-order valence-electron chi connectivity index (χ0n) is 24.3. The number of rotatable bonds is 8. The maximum absolute atomic E-state index is 13.8. The molecule has 3 aromatic carbocycles. The van der Waals surface area contributed by atoms with Gasteiger partial charge in [0.2, 0.25) is 5.75 Å². The molecule has 1 N–H and O–H groups in total. The predicted octanol–water partition coefficient (Wildman–Crippen LogP) is 5.67. The number of hydrogen-bond acceptors (Lipinski definition) is 10. The highest BCUT2D eigenvalue weighted by atomic mass is 32.1. The van der Waals surface area contributed by atoms with E-state index in [1.54, 1.807) is 42.5 Å².